The fourth-order valence-electron chi connectivity index (χ4n) is 2.25. The average molecular weight is 263 g/mol. The lowest BCUT2D eigenvalue weighted by atomic mass is 10.1. The van der Waals surface area contributed by atoms with Gasteiger partial charge in [-0.2, -0.15) is 0 Å². The number of tetrazole rings is 1. The quantitative estimate of drug-likeness (QED) is 0.829. The molecule has 2 heterocycles. The number of hydrogen-bond acceptors (Lipinski definition) is 5. The number of nitrogens with two attached hydrogens (primary N) is 1. The van der Waals surface area contributed by atoms with Crippen molar-refractivity contribution in [1.29, 1.82) is 0 Å². The van der Waals surface area contributed by atoms with Crippen LogP contribution in [0.25, 0.3) is 11.4 Å². The van der Waals surface area contributed by atoms with E-state index in [1.54, 1.807) is 10.7 Å². The fourth-order valence-corrected chi connectivity index (χ4v) is 2.25. The zero-order valence-corrected chi connectivity index (χ0v) is 10.3. The van der Waals surface area contributed by atoms with E-state index in [-0.39, 0.29) is 11.9 Å². The number of hydrogen-bond donors (Lipinski definition) is 1. The summed E-state index contributed by atoms with van der Waals surface area (Å²) in [5.41, 5.74) is 6.49. The van der Waals surface area contributed by atoms with Crippen LogP contribution in [-0.2, 0) is 4.74 Å². The summed E-state index contributed by atoms with van der Waals surface area (Å²) < 4.78 is 20.9. The molecule has 1 aromatic carbocycles. The standard InChI is InChI=1S/C12H14FN5O/c13-11-4-3-8(14)6-10(11)12-15-16-17-18(12)9-2-1-5-19-7-9/h3-4,6,9H,1-2,5,7,14H2. The van der Waals surface area contributed by atoms with Crippen LogP contribution in [0.4, 0.5) is 10.1 Å². The van der Waals surface area contributed by atoms with Crippen molar-refractivity contribution in [2.75, 3.05) is 18.9 Å². The van der Waals surface area contributed by atoms with Gasteiger partial charge in [-0.1, -0.05) is 0 Å². The highest BCUT2D eigenvalue weighted by atomic mass is 19.1. The maximum Gasteiger partial charge on any atom is 0.185 e. The van der Waals surface area contributed by atoms with Gasteiger partial charge in [-0.05, 0) is 41.5 Å². The van der Waals surface area contributed by atoms with Crippen LogP contribution >= 0.6 is 0 Å². The minimum absolute atomic E-state index is 0.0413. The van der Waals surface area contributed by atoms with Crippen molar-refractivity contribution in [2.45, 2.75) is 18.9 Å². The first-order valence-corrected chi connectivity index (χ1v) is 6.16. The molecule has 1 atom stereocenters. The van der Waals surface area contributed by atoms with E-state index in [2.05, 4.69) is 15.5 Å². The summed E-state index contributed by atoms with van der Waals surface area (Å²) in [5, 5.41) is 11.5. The van der Waals surface area contributed by atoms with Gasteiger partial charge in [0.05, 0.1) is 18.2 Å². The SMILES string of the molecule is Nc1ccc(F)c(-c2nnnn2C2CCCOC2)c1. The molecule has 2 aromatic rings. The van der Waals surface area contributed by atoms with Gasteiger partial charge in [0, 0.05) is 12.3 Å². The normalized spacial score (nSPS) is 19.5. The zero-order valence-electron chi connectivity index (χ0n) is 10.3. The Labute approximate surface area is 109 Å². The van der Waals surface area contributed by atoms with Crippen LogP contribution < -0.4 is 5.73 Å². The maximum absolute atomic E-state index is 13.9. The Morgan fingerprint density at radius 2 is 2.32 bits per heavy atom. The van der Waals surface area contributed by atoms with Crippen LogP contribution in [0.5, 0.6) is 0 Å². The van der Waals surface area contributed by atoms with E-state index in [0.717, 1.165) is 19.4 Å². The lowest BCUT2D eigenvalue weighted by molar-refractivity contribution is 0.0548. The number of nitrogen functional groups attached to an aromatic ring is 1. The number of halogens is 1. The Hall–Kier alpha value is -2.02. The molecule has 2 N–H and O–H groups in total. The lowest BCUT2D eigenvalue weighted by Gasteiger charge is -2.22. The summed E-state index contributed by atoms with van der Waals surface area (Å²) in [7, 11) is 0. The monoisotopic (exact) mass is 263 g/mol. The van der Waals surface area contributed by atoms with Crippen molar-refractivity contribution >= 4 is 5.69 Å². The van der Waals surface area contributed by atoms with Crippen molar-refractivity contribution in [3.63, 3.8) is 0 Å². The van der Waals surface area contributed by atoms with Gasteiger partial charge in [0.1, 0.15) is 5.82 Å². The highest BCUT2D eigenvalue weighted by Gasteiger charge is 2.22. The van der Waals surface area contributed by atoms with Gasteiger partial charge in [-0.15, -0.1) is 5.10 Å². The van der Waals surface area contributed by atoms with Gasteiger partial charge < -0.3 is 10.5 Å². The van der Waals surface area contributed by atoms with Crippen LogP contribution in [0, 0.1) is 5.82 Å². The first kappa shape index (κ1) is 12.0. The number of benzene rings is 1. The molecule has 1 saturated heterocycles. The molecule has 0 aliphatic carbocycles. The summed E-state index contributed by atoms with van der Waals surface area (Å²) >= 11 is 0. The third-order valence-electron chi connectivity index (χ3n) is 3.21. The molecule has 1 aliphatic rings. The van der Waals surface area contributed by atoms with E-state index in [9.17, 15) is 4.39 Å². The van der Waals surface area contributed by atoms with E-state index >= 15 is 0 Å². The molecule has 0 spiro atoms. The highest BCUT2D eigenvalue weighted by Crippen LogP contribution is 2.27. The first-order valence-electron chi connectivity index (χ1n) is 6.16. The number of rotatable bonds is 2. The molecule has 1 aromatic heterocycles. The predicted molar refractivity (Wildman–Crippen MR) is 66.7 cm³/mol. The summed E-state index contributed by atoms with van der Waals surface area (Å²) in [4.78, 5) is 0. The van der Waals surface area contributed by atoms with E-state index < -0.39 is 0 Å². The molecule has 3 rings (SSSR count). The molecule has 0 radical (unpaired) electrons. The molecule has 7 heteroatoms. The van der Waals surface area contributed by atoms with Crippen LogP contribution in [0.3, 0.4) is 0 Å². The molecular weight excluding hydrogens is 249 g/mol. The third-order valence-corrected chi connectivity index (χ3v) is 3.21. The molecule has 1 unspecified atom stereocenters. The van der Waals surface area contributed by atoms with Crippen LogP contribution in [0.1, 0.15) is 18.9 Å². The molecule has 19 heavy (non-hydrogen) atoms. The number of nitrogens with zero attached hydrogens (tertiary/aromatic N) is 4. The smallest absolute Gasteiger partial charge is 0.185 e. The Bertz CT molecular complexity index is 579. The Balaban J connectivity index is 2.01. The van der Waals surface area contributed by atoms with Crippen molar-refractivity contribution < 1.29 is 9.13 Å². The third kappa shape index (κ3) is 2.28. The van der Waals surface area contributed by atoms with E-state index in [0.29, 0.717) is 23.7 Å². The maximum atomic E-state index is 13.9. The van der Waals surface area contributed by atoms with Crippen molar-refractivity contribution in [3.05, 3.63) is 24.0 Å². The molecule has 0 amide bonds. The summed E-state index contributed by atoms with van der Waals surface area (Å²) in [5.74, 6) is 0.00211. The van der Waals surface area contributed by atoms with Crippen LogP contribution in [-0.4, -0.2) is 33.4 Å². The zero-order chi connectivity index (χ0) is 13.2. The van der Waals surface area contributed by atoms with Crippen LogP contribution in [0.2, 0.25) is 0 Å². The fraction of sp³-hybridized carbons (Fsp3) is 0.417. The second-order valence-electron chi connectivity index (χ2n) is 4.56. The molecule has 100 valence electrons. The second-order valence-corrected chi connectivity index (χ2v) is 4.56. The topological polar surface area (TPSA) is 78.9 Å². The van der Waals surface area contributed by atoms with Gasteiger partial charge in [-0.25, -0.2) is 9.07 Å². The van der Waals surface area contributed by atoms with Crippen molar-refractivity contribution in [3.8, 4) is 11.4 Å². The molecule has 0 saturated carbocycles. The minimum Gasteiger partial charge on any atom is -0.399 e. The van der Waals surface area contributed by atoms with Gasteiger partial charge in [0.25, 0.3) is 0 Å². The van der Waals surface area contributed by atoms with E-state index in [4.69, 9.17) is 10.5 Å². The van der Waals surface area contributed by atoms with Gasteiger partial charge >= 0.3 is 0 Å². The molecule has 6 nitrogen and oxygen atoms in total. The molecule has 1 aliphatic heterocycles. The summed E-state index contributed by atoms with van der Waals surface area (Å²) in [6, 6.07) is 4.42. The number of aromatic nitrogens is 4. The Kier molecular flexibility index (Phi) is 3.12. The Morgan fingerprint density at radius 3 is 3.11 bits per heavy atom. The molecule has 1 fully saturated rings. The van der Waals surface area contributed by atoms with Gasteiger partial charge in [0.15, 0.2) is 5.82 Å². The average Bonchev–Trinajstić information content (AvgIpc) is 2.91. The lowest BCUT2D eigenvalue weighted by Crippen LogP contribution is -2.23. The highest BCUT2D eigenvalue weighted by molar-refractivity contribution is 5.61. The van der Waals surface area contributed by atoms with E-state index in [1.807, 2.05) is 0 Å². The predicted octanol–water partition coefficient (Wildman–Crippen LogP) is 1.41. The van der Waals surface area contributed by atoms with Gasteiger partial charge in [0.2, 0.25) is 0 Å². The van der Waals surface area contributed by atoms with E-state index in [1.165, 1.54) is 12.1 Å². The molecular formula is C12H14FN5O. The first-order chi connectivity index (χ1) is 9.25. The second kappa shape index (κ2) is 4.93. The minimum atomic E-state index is -0.387. The van der Waals surface area contributed by atoms with Crippen molar-refractivity contribution in [1.82, 2.24) is 20.2 Å². The summed E-state index contributed by atoms with van der Waals surface area (Å²) in [6.45, 7) is 1.29. The number of ether oxygens (including phenoxy) is 1. The van der Waals surface area contributed by atoms with Crippen LogP contribution in [0.15, 0.2) is 18.2 Å². The van der Waals surface area contributed by atoms with Crippen molar-refractivity contribution in [2.24, 2.45) is 0 Å². The largest absolute Gasteiger partial charge is 0.399 e. The van der Waals surface area contributed by atoms with Gasteiger partial charge in [-0.3, -0.25) is 0 Å². The summed E-state index contributed by atoms with van der Waals surface area (Å²) in [6.07, 6.45) is 1.87. The number of anilines is 1. The Morgan fingerprint density at radius 1 is 1.42 bits per heavy atom. The molecule has 0 bridgehead atoms.